The van der Waals surface area contributed by atoms with E-state index in [4.69, 9.17) is 5.73 Å². The van der Waals surface area contributed by atoms with Crippen molar-refractivity contribution in [2.24, 2.45) is 40.2 Å². The molecule has 0 radical (unpaired) electrons. The summed E-state index contributed by atoms with van der Waals surface area (Å²) >= 11 is 2.04. The van der Waals surface area contributed by atoms with Crippen LogP contribution in [0.1, 0.15) is 56.5 Å². The van der Waals surface area contributed by atoms with Gasteiger partial charge < -0.3 is 31.3 Å². The van der Waals surface area contributed by atoms with Crippen LogP contribution in [0.3, 0.4) is 0 Å². The summed E-state index contributed by atoms with van der Waals surface area (Å²) in [5.74, 6) is -8.80. The number of aromatic hydroxyl groups is 1. The molecule has 1 amide bonds. The van der Waals surface area contributed by atoms with Crippen LogP contribution in [-0.2, 0) is 9.59 Å². The number of aliphatic hydroxyl groups excluding tert-OH is 3. The molecule has 1 aromatic carbocycles. The number of hydrogen-bond acceptors (Lipinski definition) is 8. The number of rotatable bonds is 2. The summed E-state index contributed by atoms with van der Waals surface area (Å²) < 4.78 is 0.678. The fourth-order valence-corrected chi connectivity index (χ4v) is 8.69. The predicted octanol–water partition coefficient (Wildman–Crippen LogP) is 0.709. The highest BCUT2D eigenvalue weighted by atomic mass is 127. The molecule has 0 heterocycles. The van der Waals surface area contributed by atoms with Crippen LogP contribution in [0.2, 0.25) is 0 Å². The first-order valence-corrected chi connectivity index (χ1v) is 12.8. The molecule has 0 spiro atoms. The van der Waals surface area contributed by atoms with Crippen molar-refractivity contribution >= 4 is 40.1 Å². The summed E-state index contributed by atoms with van der Waals surface area (Å²) in [5, 5.41) is 57.6. The zero-order chi connectivity index (χ0) is 26.6. The minimum Gasteiger partial charge on any atom is -0.507 e. The Morgan fingerprint density at radius 1 is 1.14 bits per heavy atom. The van der Waals surface area contributed by atoms with Crippen LogP contribution in [0.4, 0.5) is 0 Å². The lowest BCUT2D eigenvalue weighted by atomic mass is 9.36. The van der Waals surface area contributed by atoms with Crippen molar-refractivity contribution in [2.75, 3.05) is 0 Å². The Balaban J connectivity index is 2.07. The molecule has 10 atom stereocenters. The number of carbonyl (C=O) groups excluding carboxylic acids is 3. The molecule has 2 fully saturated rings. The number of primary amides is 1. The van der Waals surface area contributed by atoms with Crippen molar-refractivity contribution in [3.05, 3.63) is 26.8 Å². The second-order valence-electron chi connectivity index (χ2n) is 11.2. The van der Waals surface area contributed by atoms with Gasteiger partial charge in [-0.1, -0.05) is 34.6 Å². The number of carbonyl (C=O) groups is 3. The highest BCUT2D eigenvalue weighted by Gasteiger charge is 2.80. The maximum Gasteiger partial charge on any atom is 0.230 e. The van der Waals surface area contributed by atoms with Crippen molar-refractivity contribution < 1.29 is 39.9 Å². The van der Waals surface area contributed by atoms with Crippen molar-refractivity contribution in [1.82, 2.24) is 0 Å². The third kappa shape index (κ3) is 2.86. The Bertz CT molecular complexity index is 1140. The standard InChI is InChI=1S/C25H32INO8/c1-8(2)15-18(30)14(21(27)33)19(31)25(35)20(32)16-17(29)13-11(28)7-6-10(26)12(13)9(3)23(16,4)22(34)24(15,25)5/h6-9,14-16,18,20,22,28,30,32,34-35H,1-5H3,(H2,27,33)/t9-,14-,15+,16-,18?,20?,22-,23+,24+,25+/m1/s1. The normalized spacial score (nSPS) is 45.1. The average molecular weight is 601 g/mol. The number of phenolic OH excluding ortho intramolecular Hbond substituents is 1. The minimum atomic E-state index is -2.77. The smallest absolute Gasteiger partial charge is 0.230 e. The highest BCUT2D eigenvalue weighted by Crippen LogP contribution is 2.68. The molecular formula is C25H32INO8. The Labute approximate surface area is 216 Å². The Kier molecular flexibility index (Phi) is 6.01. The monoisotopic (exact) mass is 601 g/mol. The zero-order valence-corrected chi connectivity index (χ0v) is 22.3. The first kappa shape index (κ1) is 26.5. The van der Waals surface area contributed by atoms with Crippen LogP contribution in [0, 0.1) is 38.1 Å². The van der Waals surface area contributed by atoms with Gasteiger partial charge in [-0.3, -0.25) is 14.4 Å². The summed E-state index contributed by atoms with van der Waals surface area (Å²) in [6.07, 6.45) is -5.22. The van der Waals surface area contributed by atoms with E-state index in [0.29, 0.717) is 9.13 Å². The van der Waals surface area contributed by atoms with Gasteiger partial charge in [0.15, 0.2) is 17.2 Å². The van der Waals surface area contributed by atoms with Gasteiger partial charge in [0.25, 0.3) is 0 Å². The minimum absolute atomic E-state index is 0.0273. The average Bonchev–Trinajstić information content (AvgIpc) is 2.75. The second kappa shape index (κ2) is 7.95. The number of Topliss-reactive ketones (excluding diaryl/α,β-unsaturated/α-hetero) is 2. The van der Waals surface area contributed by atoms with Crippen LogP contribution in [0.15, 0.2) is 12.1 Å². The maximum atomic E-state index is 13.9. The molecule has 0 aliphatic heterocycles. The number of ketones is 2. The number of halogens is 1. The number of fused-ring (bicyclic) bond motifs is 3. The molecule has 3 aliphatic rings. The lowest BCUT2D eigenvalue weighted by molar-refractivity contribution is -0.306. The first-order valence-electron chi connectivity index (χ1n) is 11.7. The maximum absolute atomic E-state index is 13.9. The molecule has 4 rings (SSSR count). The van der Waals surface area contributed by atoms with E-state index in [1.54, 1.807) is 33.8 Å². The van der Waals surface area contributed by atoms with Crippen molar-refractivity contribution in [3.63, 3.8) is 0 Å². The molecular weight excluding hydrogens is 569 g/mol. The quantitative estimate of drug-likeness (QED) is 0.212. The van der Waals surface area contributed by atoms with Gasteiger partial charge in [-0.05, 0) is 58.0 Å². The Morgan fingerprint density at radius 3 is 2.23 bits per heavy atom. The van der Waals surface area contributed by atoms with E-state index in [1.165, 1.54) is 13.0 Å². The number of hydrogen-bond donors (Lipinski definition) is 6. The summed E-state index contributed by atoms with van der Waals surface area (Å²) in [6, 6.07) is 3.01. The largest absolute Gasteiger partial charge is 0.507 e. The summed E-state index contributed by atoms with van der Waals surface area (Å²) in [4.78, 5) is 39.8. The van der Waals surface area contributed by atoms with Gasteiger partial charge in [-0.15, -0.1) is 0 Å². The van der Waals surface area contributed by atoms with Crippen LogP contribution < -0.4 is 5.73 Å². The van der Waals surface area contributed by atoms with Gasteiger partial charge in [0, 0.05) is 14.4 Å². The molecule has 1 aromatic rings. The zero-order valence-electron chi connectivity index (χ0n) is 20.2. The van der Waals surface area contributed by atoms with Crippen LogP contribution in [0.5, 0.6) is 5.75 Å². The van der Waals surface area contributed by atoms with E-state index in [0.717, 1.165) is 0 Å². The predicted molar refractivity (Wildman–Crippen MR) is 132 cm³/mol. The molecule has 9 nitrogen and oxygen atoms in total. The lowest BCUT2D eigenvalue weighted by Crippen LogP contribution is -2.83. The molecule has 3 aliphatic carbocycles. The van der Waals surface area contributed by atoms with Crippen LogP contribution >= 0.6 is 22.6 Å². The molecule has 2 unspecified atom stereocenters. The van der Waals surface area contributed by atoms with Gasteiger partial charge in [0.1, 0.15) is 17.8 Å². The SMILES string of the molecule is CC(C)[C@H]1C(O)[C@@H](C(N)=O)C(=O)[C@]2(O)C(O)[C@H]3C(=O)c4c(O)ccc(I)c4[C@@H](C)[C@]3(C)[C@@H](O)[C@]12C. The summed E-state index contributed by atoms with van der Waals surface area (Å²) in [6.45, 7) is 8.24. The van der Waals surface area contributed by atoms with Gasteiger partial charge in [-0.2, -0.15) is 0 Å². The van der Waals surface area contributed by atoms with E-state index in [1.807, 2.05) is 22.6 Å². The number of benzene rings is 1. The van der Waals surface area contributed by atoms with Crippen molar-refractivity contribution in [3.8, 4) is 5.75 Å². The lowest BCUT2D eigenvalue weighted by Gasteiger charge is -2.69. The molecule has 7 N–H and O–H groups in total. The highest BCUT2D eigenvalue weighted by molar-refractivity contribution is 14.1. The fourth-order valence-electron chi connectivity index (χ4n) is 7.77. The van der Waals surface area contributed by atoms with Crippen LogP contribution in [0.25, 0.3) is 0 Å². The van der Waals surface area contributed by atoms with Gasteiger partial charge >= 0.3 is 0 Å². The van der Waals surface area contributed by atoms with Crippen LogP contribution in [-0.4, -0.2) is 66.9 Å². The third-order valence-corrected chi connectivity index (χ3v) is 10.5. The topological polar surface area (TPSA) is 178 Å². The number of aliphatic hydroxyl groups is 4. The fraction of sp³-hybridized carbons (Fsp3) is 0.640. The molecule has 0 saturated heterocycles. The van der Waals surface area contributed by atoms with Crippen molar-refractivity contribution in [1.29, 1.82) is 0 Å². The molecule has 2 saturated carbocycles. The Morgan fingerprint density at radius 2 is 1.71 bits per heavy atom. The van der Waals surface area contributed by atoms with E-state index < -0.39 is 81.8 Å². The molecule has 10 heteroatoms. The number of amides is 1. The molecule has 0 aromatic heterocycles. The Hall–Kier alpha value is -1.60. The number of nitrogens with two attached hydrogens (primary N) is 1. The molecule has 0 bridgehead atoms. The second-order valence-corrected chi connectivity index (χ2v) is 12.3. The summed E-state index contributed by atoms with van der Waals surface area (Å²) in [7, 11) is 0. The first-order chi connectivity index (χ1) is 16.0. The van der Waals surface area contributed by atoms with Crippen molar-refractivity contribution in [2.45, 2.75) is 64.4 Å². The third-order valence-electron chi connectivity index (χ3n) is 9.54. The van der Waals surface area contributed by atoms with E-state index in [2.05, 4.69) is 0 Å². The van der Waals surface area contributed by atoms with E-state index in [-0.39, 0.29) is 11.3 Å². The summed E-state index contributed by atoms with van der Waals surface area (Å²) in [5.41, 5.74) is -0.0857. The van der Waals surface area contributed by atoms with Gasteiger partial charge in [0.05, 0.1) is 23.7 Å². The molecule has 192 valence electrons. The van der Waals surface area contributed by atoms with E-state index >= 15 is 0 Å². The van der Waals surface area contributed by atoms with E-state index in [9.17, 15) is 39.9 Å². The van der Waals surface area contributed by atoms with Gasteiger partial charge in [0.2, 0.25) is 5.91 Å². The number of phenols is 1. The van der Waals surface area contributed by atoms with Gasteiger partial charge in [-0.25, -0.2) is 0 Å². The molecule has 35 heavy (non-hydrogen) atoms.